The Morgan fingerprint density at radius 3 is 2.75 bits per heavy atom. The van der Waals surface area contributed by atoms with Gasteiger partial charge in [0.25, 0.3) is 0 Å². The van der Waals surface area contributed by atoms with E-state index in [1.807, 2.05) is 6.07 Å². The van der Waals surface area contributed by atoms with Crippen LogP contribution in [0.2, 0.25) is 0 Å². The number of hydrogen-bond acceptors (Lipinski definition) is 7. The molecule has 2 aromatic heterocycles. The molecule has 0 unspecified atom stereocenters. The molecule has 3 heterocycles. The standard InChI is InChI=1S/C19H17FN6O2/c1-26-11-16(27)24-15-10-23-19(25-18(15)26)22-9-12-2-7-17(21-8-12)28-14-5-3-13(20)4-6-14/h2-8,10H,9,11H2,1H3,(H,24,27)(H,22,23,25). The molecule has 0 saturated carbocycles. The molecule has 0 bridgehead atoms. The average molecular weight is 380 g/mol. The van der Waals surface area contributed by atoms with Crippen LogP contribution in [0.25, 0.3) is 0 Å². The van der Waals surface area contributed by atoms with Crippen molar-refractivity contribution in [1.82, 2.24) is 15.0 Å². The largest absolute Gasteiger partial charge is 0.439 e. The molecule has 142 valence electrons. The number of nitrogens with one attached hydrogen (secondary N) is 2. The average Bonchev–Trinajstić information content (AvgIpc) is 2.69. The predicted octanol–water partition coefficient (Wildman–Crippen LogP) is 2.80. The first-order valence-corrected chi connectivity index (χ1v) is 8.57. The van der Waals surface area contributed by atoms with Crippen molar-refractivity contribution >= 4 is 23.4 Å². The van der Waals surface area contributed by atoms with Crippen LogP contribution in [0.1, 0.15) is 5.56 Å². The molecule has 1 aliphatic rings. The molecular weight excluding hydrogens is 363 g/mol. The third-order valence-electron chi connectivity index (χ3n) is 4.07. The lowest BCUT2D eigenvalue weighted by Crippen LogP contribution is -2.36. The number of likely N-dealkylation sites (N-methyl/N-ethyl adjacent to an activating group) is 1. The van der Waals surface area contributed by atoms with Gasteiger partial charge in [0.15, 0.2) is 5.82 Å². The Balaban J connectivity index is 1.38. The van der Waals surface area contributed by atoms with Gasteiger partial charge in [-0.2, -0.15) is 4.98 Å². The monoisotopic (exact) mass is 380 g/mol. The summed E-state index contributed by atoms with van der Waals surface area (Å²) in [6, 6.07) is 9.34. The van der Waals surface area contributed by atoms with Gasteiger partial charge < -0.3 is 20.3 Å². The molecular formula is C19H17FN6O2. The fourth-order valence-corrected chi connectivity index (χ4v) is 2.70. The van der Waals surface area contributed by atoms with Crippen molar-refractivity contribution in [1.29, 1.82) is 0 Å². The molecule has 0 atom stereocenters. The molecule has 9 heteroatoms. The number of fused-ring (bicyclic) bond motifs is 1. The van der Waals surface area contributed by atoms with Gasteiger partial charge in [0.1, 0.15) is 17.3 Å². The van der Waals surface area contributed by atoms with Gasteiger partial charge in [0.05, 0.1) is 12.7 Å². The van der Waals surface area contributed by atoms with E-state index in [-0.39, 0.29) is 18.3 Å². The molecule has 28 heavy (non-hydrogen) atoms. The Hall–Kier alpha value is -3.75. The van der Waals surface area contributed by atoms with Crippen LogP contribution in [0.5, 0.6) is 11.6 Å². The van der Waals surface area contributed by atoms with Gasteiger partial charge in [0.2, 0.25) is 17.7 Å². The molecule has 4 rings (SSSR count). The molecule has 8 nitrogen and oxygen atoms in total. The van der Waals surface area contributed by atoms with E-state index in [1.165, 1.54) is 12.1 Å². The Morgan fingerprint density at radius 2 is 2.00 bits per heavy atom. The molecule has 1 amide bonds. The SMILES string of the molecule is CN1CC(=O)Nc2cnc(NCc3ccc(Oc4ccc(F)cc4)nc3)nc21. The fourth-order valence-electron chi connectivity index (χ4n) is 2.70. The highest BCUT2D eigenvalue weighted by molar-refractivity contribution is 6.00. The lowest BCUT2D eigenvalue weighted by molar-refractivity contribution is -0.115. The maximum atomic E-state index is 12.9. The number of hydrogen-bond donors (Lipinski definition) is 2. The number of pyridine rings is 1. The van der Waals surface area contributed by atoms with Crippen molar-refractivity contribution in [3.63, 3.8) is 0 Å². The third kappa shape index (κ3) is 3.98. The van der Waals surface area contributed by atoms with E-state index in [2.05, 4.69) is 25.6 Å². The first-order chi connectivity index (χ1) is 13.6. The minimum Gasteiger partial charge on any atom is -0.439 e. The van der Waals surface area contributed by atoms with E-state index in [4.69, 9.17) is 4.74 Å². The van der Waals surface area contributed by atoms with Crippen molar-refractivity contribution in [3.8, 4) is 11.6 Å². The lowest BCUT2D eigenvalue weighted by Gasteiger charge is -2.25. The first-order valence-electron chi connectivity index (χ1n) is 8.57. The summed E-state index contributed by atoms with van der Waals surface area (Å²) in [7, 11) is 1.80. The number of anilines is 3. The molecule has 1 aliphatic heterocycles. The summed E-state index contributed by atoms with van der Waals surface area (Å²) in [6.45, 7) is 0.724. The molecule has 0 fully saturated rings. The molecule has 1 aromatic carbocycles. The zero-order valence-corrected chi connectivity index (χ0v) is 15.0. The number of carbonyl (C=O) groups excluding carboxylic acids is 1. The smallest absolute Gasteiger partial charge is 0.244 e. The molecule has 2 N–H and O–H groups in total. The summed E-state index contributed by atoms with van der Waals surface area (Å²) in [6.07, 6.45) is 3.26. The summed E-state index contributed by atoms with van der Waals surface area (Å²) in [5.74, 6) is 1.64. The Kier molecular flexibility index (Phi) is 4.71. The molecule has 0 spiro atoms. The zero-order chi connectivity index (χ0) is 19.5. The highest BCUT2D eigenvalue weighted by Crippen LogP contribution is 2.26. The Morgan fingerprint density at radius 1 is 1.18 bits per heavy atom. The van der Waals surface area contributed by atoms with E-state index >= 15 is 0 Å². The second kappa shape index (κ2) is 7.47. The zero-order valence-electron chi connectivity index (χ0n) is 15.0. The third-order valence-corrected chi connectivity index (χ3v) is 4.07. The van der Waals surface area contributed by atoms with Gasteiger partial charge in [-0.25, -0.2) is 14.4 Å². The fraction of sp³-hybridized carbons (Fsp3) is 0.158. The van der Waals surface area contributed by atoms with Gasteiger partial charge in [-0.3, -0.25) is 4.79 Å². The van der Waals surface area contributed by atoms with Crippen molar-refractivity contribution in [2.75, 3.05) is 29.1 Å². The van der Waals surface area contributed by atoms with Crippen LogP contribution < -0.4 is 20.3 Å². The number of rotatable bonds is 5. The van der Waals surface area contributed by atoms with E-state index in [0.29, 0.717) is 35.6 Å². The Bertz CT molecular complexity index is 994. The summed E-state index contributed by atoms with van der Waals surface area (Å²) in [5.41, 5.74) is 1.50. The van der Waals surface area contributed by atoms with Crippen LogP contribution in [-0.2, 0) is 11.3 Å². The van der Waals surface area contributed by atoms with Gasteiger partial charge in [0, 0.05) is 25.9 Å². The minimum atomic E-state index is -0.320. The minimum absolute atomic E-state index is 0.0895. The van der Waals surface area contributed by atoms with Crippen molar-refractivity contribution < 1.29 is 13.9 Å². The second-order valence-electron chi connectivity index (χ2n) is 6.25. The second-order valence-corrected chi connectivity index (χ2v) is 6.25. The van der Waals surface area contributed by atoms with Crippen LogP contribution in [0.15, 0.2) is 48.8 Å². The first kappa shape index (κ1) is 17.7. The summed E-state index contributed by atoms with van der Waals surface area (Å²) in [4.78, 5) is 26.2. The van der Waals surface area contributed by atoms with Crippen LogP contribution in [-0.4, -0.2) is 34.5 Å². The molecule has 0 saturated heterocycles. The van der Waals surface area contributed by atoms with Gasteiger partial charge >= 0.3 is 0 Å². The number of carbonyl (C=O) groups is 1. The highest BCUT2D eigenvalue weighted by atomic mass is 19.1. The van der Waals surface area contributed by atoms with Crippen molar-refractivity contribution in [2.45, 2.75) is 6.54 Å². The molecule has 3 aromatic rings. The van der Waals surface area contributed by atoms with E-state index in [1.54, 1.807) is 42.5 Å². The number of nitrogens with zero attached hydrogens (tertiary/aromatic N) is 4. The highest BCUT2D eigenvalue weighted by Gasteiger charge is 2.21. The number of aromatic nitrogens is 3. The van der Waals surface area contributed by atoms with E-state index < -0.39 is 0 Å². The van der Waals surface area contributed by atoms with Crippen LogP contribution in [0.4, 0.5) is 21.8 Å². The topological polar surface area (TPSA) is 92.3 Å². The number of benzene rings is 1. The summed E-state index contributed by atoms with van der Waals surface area (Å²) in [5, 5.41) is 5.88. The van der Waals surface area contributed by atoms with Crippen molar-refractivity contribution in [3.05, 3.63) is 60.2 Å². The van der Waals surface area contributed by atoms with Gasteiger partial charge in [-0.1, -0.05) is 6.07 Å². The summed E-state index contributed by atoms with van der Waals surface area (Å²) < 4.78 is 18.5. The number of amides is 1. The van der Waals surface area contributed by atoms with Gasteiger partial charge in [-0.15, -0.1) is 0 Å². The van der Waals surface area contributed by atoms with Crippen molar-refractivity contribution in [2.24, 2.45) is 0 Å². The quantitative estimate of drug-likeness (QED) is 0.703. The number of ether oxygens (including phenoxy) is 1. The van der Waals surface area contributed by atoms with Crippen LogP contribution >= 0.6 is 0 Å². The van der Waals surface area contributed by atoms with Crippen LogP contribution in [0, 0.1) is 5.82 Å². The summed E-state index contributed by atoms with van der Waals surface area (Å²) >= 11 is 0. The Labute approximate surface area is 160 Å². The number of halogens is 1. The molecule has 0 aliphatic carbocycles. The van der Waals surface area contributed by atoms with Crippen LogP contribution in [0.3, 0.4) is 0 Å². The maximum Gasteiger partial charge on any atom is 0.244 e. The van der Waals surface area contributed by atoms with E-state index in [0.717, 1.165) is 5.56 Å². The molecule has 0 radical (unpaired) electrons. The van der Waals surface area contributed by atoms with Gasteiger partial charge in [-0.05, 0) is 29.8 Å². The van der Waals surface area contributed by atoms with E-state index in [9.17, 15) is 9.18 Å². The maximum absolute atomic E-state index is 12.9. The normalized spacial score (nSPS) is 12.9. The lowest BCUT2D eigenvalue weighted by atomic mass is 10.3. The predicted molar refractivity (Wildman–Crippen MR) is 102 cm³/mol.